The molecule has 2 nitrogen and oxygen atoms in total. The van der Waals surface area contributed by atoms with Crippen molar-refractivity contribution in [1.29, 1.82) is 0 Å². The Balaban J connectivity index is 0.00000134. The zero-order valence-corrected chi connectivity index (χ0v) is 16.4. The minimum absolute atomic E-state index is 0.0230. The van der Waals surface area contributed by atoms with E-state index < -0.39 is 0 Å². The second-order valence-electron chi connectivity index (χ2n) is 5.27. The first kappa shape index (κ1) is 22.6. The highest BCUT2D eigenvalue weighted by Gasteiger charge is 2.17. The van der Waals surface area contributed by atoms with Crippen LogP contribution in [0, 0.1) is 5.92 Å². The molecular formula is C23H32O2. The number of Topliss-reactive ketones (excluding diaryl/α,β-unsaturated/α-hetero) is 1. The van der Waals surface area contributed by atoms with Gasteiger partial charge in [-0.3, -0.25) is 4.79 Å². The first-order valence-corrected chi connectivity index (χ1v) is 9.14. The summed E-state index contributed by atoms with van der Waals surface area (Å²) in [5.74, 6) is -0.125. The lowest BCUT2D eigenvalue weighted by atomic mass is 9.94. The van der Waals surface area contributed by atoms with Gasteiger partial charge in [-0.15, -0.1) is 0 Å². The lowest BCUT2D eigenvalue weighted by Crippen LogP contribution is -2.10. The van der Waals surface area contributed by atoms with E-state index in [9.17, 15) is 9.90 Å². The van der Waals surface area contributed by atoms with Crippen molar-refractivity contribution in [2.75, 3.05) is 0 Å². The normalized spacial score (nSPS) is 11.4. The molecule has 0 aliphatic rings. The van der Waals surface area contributed by atoms with Gasteiger partial charge in [0.25, 0.3) is 0 Å². The molecule has 0 heterocycles. The summed E-state index contributed by atoms with van der Waals surface area (Å²) >= 11 is 0. The standard InChI is InChI=1S/C19H20O2.2C2H6/c1-14(16-8-4-3-5-9-16)12-13-15(2)19(21)17-10-6-7-11-18(17)20;2*1-2/h3-12,15,20H,13H2,1-2H3;2*1-2H3/b14-12+;;. The van der Waals surface area contributed by atoms with E-state index >= 15 is 0 Å². The van der Waals surface area contributed by atoms with Gasteiger partial charge in [0.1, 0.15) is 5.75 Å². The Morgan fingerprint density at radius 2 is 1.48 bits per heavy atom. The monoisotopic (exact) mass is 340 g/mol. The number of rotatable bonds is 5. The SMILES string of the molecule is C/C(=C\CC(C)C(=O)c1ccccc1O)c1ccccc1.CC.CC. The summed E-state index contributed by atoms with van der Waals surface area (Å²) in [7, 11) is 0. The van der Waals surface area contributed by atoms with Crippen LogP contribution in [0.5, 0.6) is 5.75 Å². The van der Waals surface area contributed by atoms with Crippen molar-refractivity contribution < 1.29 is 9.90 Å². The van der Waals surface area contributed by atoms with Crippen LogP contribution in [0.1, 0.15) is 63.9 Å². The zero-order chi connectivity index (χ0) is 19.2. The zero-order valence-electron chi connectivity index (χ0n) is 16.4. The van der Waals surface area contributed by atoms with Crippen LogP contribution in [0.15, 0.2) is 60.7 Å². The summed E-state index contributed by atoms with van der Waals surface area (Å²) in [4.78, 5) is 12.3. The van der Waals surface area contributed by atoms with Crippen LogP contribution in [0.25, 0.3) is 5.57 Å². The molecule has 1 N–H and O–H groups in total. The van der Waals surface area contributed by atoms with Crippen LogP contribution >= 0.6 is 0 Å². The molecule has 0 spiro atoms. The molecule has 136 valence electrons. The van der Waals surface area contributed by atoms with Crippen molar-refractivity contribution >= 4 is 11.4 Å². The maximum Gasteiger partial charge on any atom is 0.169 e. The fourth-order valence-electron chi connectivity index (χ4n) is 2.23. The molecule has 2 heteroatoms. The summed E-state index contributed by atoms with van der Waals surface area (Å²) in [6.07, 6.45) is 2.74. The molecule has 0 amide bonds. The van der Waals surface area contributed by atoms with E-state index in [0.29, 0.717) is 12.0 Å². The number of allylic oxidation sites excluding steroid dienone is 2. The van der Waals surface area contributed by atoms with E-state index in [0.717, 1.165) is 5.57 Å². The Kier molecular flexibility index (Phi) is 11.8. The Bertz CT molecular complexity index is 642. The number of aromatic hydroxyl groups is 1. The molecule has 2 aromatic rings. The van der Waals surface area contributed by atoms with Gasteiger partial charge in [0.2, 0.25) is 0 Å². The first-order chi connectivity index (χ1) is 12.1. The molecule has 1 atom stereocenters. The molecule has 1 unspecified atom stereocenters. The second-order valence-corrected chi connectivity index (χ2v) is 5.27. The number of carbonyl (C=O) groups excluding carboxylic acids is 1. The number of carbonyl (C=O) groups is 1. The van der Waals surface area contributed by atoms with Crippen LogP contribution in [0.2, 0.25) is 0 Å². The summed E-state index contributed by atoms with van der Waals surface area (Å²) < 4.78 is 0. The van der Waals surface area contributed by atoms with Gasteiger partial charge in [-0.1, -0.05) is 83.2 Å². The molecule has 0 aliphatic heterocycles. The molecule has 0 bridgehead atoms. The van der Waals surface area contributed by atoms with E-state index in [1.54, 1.807) is 24.3 Å². The van der Waals surface area contributed by atoms with E-state index in [1.165, 1.54) is 5.56 Å². The summed E-state index contributed by atoms with van der Waals surface area (Å²) in [5, 5.41) is 9.75. The van der Waals surface area contributed by atoms with Gasteiger partial charge >= 0.3 is 0 Å². The average molecular weight is 341 g/mol. The van der Waals surface area contributed by atoms with Crippen molar-refractivity contribution in [2.24, 2.45) is 5.92 Å². The summed E-state index contributed by atoms with van der Waals surface area (Å²) in [6.45, 7) is 11.9. The number of para-hydroxylation sites is 1. The Morgan fingerprint density at radius 3 is 2.04 bits per heavy atom. The van der Waals surface area contributed by atoms with Crippen molar-refractivity contribution in [1.82, 2.24) is 0 Å². The number of phenolic OH excluding ortho intramolecular Hbond substituents is 1. The lowest BCUT2D eigenvalue weighted by Gasteiger charge is -2.10. The molecule has 2 rings (SSSR count). The third-order valence-corrected chi connectivity index (χ3v) is 3.62. The van der Waals surface area contributed by atoms with Crippen LogP contribution in [-0.2, 0) is 0 Å². The van der Waals surface area contributed by atoms with Crippen LogP contribution in [0.3, 0.4) is 0 Å². The topological polar surface area (TPSA) is 37.3 Å². The number of hydrogen-bond acceptors (Lipinski definition) is 2. The minimum atomic E-state index is -0.156. The second kappa shape index (κ2) is 13.0. The number of hydrogen-bond donors (Lipinski definition) is 1. The number of phenols is 1. The van der Waals surface area contributed by atoms with Crippen molar-refractivity contribution in [3.63, 3.8) is 0 Å². The third-order valence-electron chi connectivity index (χ3n) is 3.62. The highest BCUT2D eigenvalue weighted by Crippen LogP contribution is 2.22. The third kappa shape index (κ3) is 7.38. The predicted octanol–water partition coefficient (Wildman–Crippen LogP) is 6.76. The molecule has 0 aromatic heterocycles. The maximum absolute atomic E-state index is 12.3. The Labute approximate surface area is 153 Å². The van der Waals surface area contributed by atoms with Gasteiger partial charge in [0.05, 0.1) is 5.56 Å². The molecule has 0 saturated carbocycles. The molecule has 25 heavy (non-hydrogen) atoms. The largest absolute Gasteiger partial charge is 0.507 e. The molecule has 0 aliphatic carbocycles. The maximum atomic E-state index is 12.3. The summed E-state index contributed by atoms with van der Waals surface area (Å²) in [6, 6.07) is 16.8. The average Bonchev–Trinajstić information content (AvgIpc) is 2.69. The first-order valence-electron chi connectivity index (χ1n) is 9.14. The van der Waals surface area contributed by atoms with Crippen LogP contribution < -0.4 is 0 Å². The molecule has 0 radical (unpaired) electrons. The fourth-order valence-corrected chi connectivity index (χ4v) is 2.23. The van der Waals surface area contributed by atoms with E-state index in [2.05, 4.69) is 18.2 Å². The summed E-state index contributed by atoms with van der Waals surface area (Å²) in [5.41, 5.74) is 2.73. The van der Waals surface area contributed by atoms with Gasteiger partial charge in [0.15, 0.2) is 5.78 Å². The number of benzene rings is 2. The van der Waals surface area contributed by atoms with E-state index in [4.69, 9.17) is 0 Å². The van der Waals surface area contributed by atoms with Gasteiger partial charge in [0, 0.05) is 5.92 Å². The quantitative estimate of drug-likeness (QED) is 0.611. The number of ketones is 1. The van der Waals surface area contributed by atoms with E-state index in [1.807, 2.05) is 59.7 Å². The smallest absolute Gasteiger partial charge is 0.169 e. The van der Waals surface area contributed by atoms with Crippen molar-refractivity contribution in [3.05, 3.63) is 71.8 Å². The van der Waals surface area contributed by atoms with Crippen LogP contribution in [-0.4, -0.2) is 10.9 Å². The van der Waals surface area contributed by atoms with Crippen molar-refractivity contribution in [2.45, 2.75) is 48.0 Å². The van der Waals surface area contributed by atoms with Gasteiger partial charge < -0.3 is 5.11 Å². The molecule has 2 aromatic carbocycles. The van der Waals surface area contributed by atoms with Crippen molar-refractivity contribution in [3.8, 4) is 5.75 Å². The molecular weight excluding hydrogens is 308 g/mol. The highest BCUT2D eigenvalue weighted by atomic mass is 16.3. The highest BCUT2D eigenvalue weighted by molar-refractivity contribution is 6.00. The molecule has 0 fully saturated rings. The Hall–Kier alpha value is -2.35. The minimum Gasteiger partial charge on any atom is -0.507 e. The van der Waals surface area contributed by atoms with Gasteiger partial charge in [-0.25, -0.2) is 0 Å². The fraction of sp³-hybridized carbons (Fsp3) is 0.348. The van der Waals surface area contributed by atoms with Gasteiger partial charge in [-0.05, 0) is 36.6 Å². The van der Waals surface area contributed by atoms with E-state index in [-0.39, 0.29) is 17.5 Å². The lowest BCUT2D eigenvalue weighted by molar-refractivity contribution is 0.0928. The predicted molar refractivity (Wildman–Crippen MR) is 109 cm³/mol. The van der Waals surface area contributed by atoms with Crippen LogP contribution in [0.4, 0.5) is 0 Å². The molecule has 0 saturated heterocycles. The van der Waals surface area contributed by atoms with Gasteiger partial charge in [-0.2, -0.15) is 0 Å². The Morgan fingerprint density at radius 1 is 0.960 bits per heavy atom.